The molecule has 0 radical (unpaired) electrons. The van der Waals surface area contributed by atoms with E-state index >= 15 is 0 Å². The average Bonchev–Trinajstić information content (AvgIpc) is 1.27. The van der Waals surface area contributed by atoms with Crippen LogP contribution in [0.3, 0.4) is 0 Å². The second-order valence-corrected chi connectivity index (χ2v) is 25.4. The Morgan fingerprint density at radius 1 is 0.115 bits per heavy atom. The summed E-state index contributed by atoms with van der Waals surface area (Å²) in [5, 5.41) is 21.3. The molecule has 0 unspecified atom stereocenters. The van der Waals surface area contributed by atoms with Gasteiger partial charge in [-0.1, -0.05) is 631 Å². The third-order valence-corrected chi connectivity index (χ3v) is 19.3. The lowest BCUT2D eigenvalue weighted by atomic mass is 9.81. The highest BCUT2D eigenvalue weighted by Crippen LogP contribution is 2.51. The highest BCUT2D eigenvalue weighted by atomic mass is 14.4. The summed E-state index contributed by atoms with van der Waals surface area (Å²) in [5.41, 5.74) is 16.7. The standard InChI is InChI=1S/C24H16.C21H18.C18H12.C15H14.C14H10.19C2H6/c1-2-8-17(9-3-1)18-14-15-23-21-12-5-4-10-19(21)20-11-6-7-13-22(20)24(23)16-18;1-21(2)19-11-7-6-10-17(19)18-13-12-16(14-20(18)21)15-8-4-3-5-9-15;1-2-8-14-13(7-1)15-9-3-4-11-17(15)18-12-6-5-10-16(14)18;1-15(2)13-9-5-3-7-11(13)12-8-4-6-10-14(12)15;1-3-7-13-11(5-1)9-10-12-6-2-4-8-14(12)13;19*1-2/h1-16H;3-14H,1-2H3;1-12H;3-10H,1-2H3;1-10H;19*1-2H3. The Hall–Kier alpha value is -11.2. The number of hydrogen-bond acceptors (Lipinski definition) is 0. The summed E-state index contributed by atoms with van der Waals surface area (Å²) in [5.74, 6) is 0. The summed E-state index contributed by atoms with van der Waals surface area (Å²) in [6, 6.07) is 126. The summed E-state index contributed by atoms with van der Waals surface area (Å²) in [6.45, 7) is 85.3. The van der Waals surface area contributed by atoms with E-state index in [0.29, 0.717) is 0 Å². The largest absolute Gasteiger partial charge is 0.0683 e. The maximum Gasteiger partial charge on any atom is 0.0159 e. The van der Waals surface area contributed by atoms with Gasteiger partial charge in [0.1, 0.15) is 0 Å². The van der Waals surface area contributed by atoms with Crippen molar-refractivity contribution < 1.29 is 0 Å². The highest BCUT2D eigenvalue weighted by molar-refractivity contribution is 6.26. The number of rotatable bonds is 2. The van der Waals surface area contributed by atoms with Gasteiger partial charge in [0.25, 0.3) is 0 Å². The molecule has 0 N–H and O–H groups in total. The topological polar surface area (TPSA) is 0 Å². The molecule has 17 aromatic carbocycles. The second-order valence-electron chi connectivity index (χ2n) is 25.4. The molecule has 0 aromatic heterocycles. The third-order valence-electron chi connectivity index (χ3n) is 19.3. The molecule has 0 fully saturated rings. The fourth-order valence-electron chi connectivity index (χ4n) is 14.7. The first-order chi connectivity index (χ1) is 64.2. The molecule has 0 saturated carbocycles. The van der Waals surface area contributed by atoms with E-state index in [2.05, 4.69) is 380 Å². The summed E-state index contributed by atoms with van der Waals surface area (Å²) in [6.07, 6.45) is 0. The molecule has 0 heteroatoms. The first-order valence-electron chi connectivity index (χ1n) is 51.2. The summed E-state index contributed by atoms with van der Waals surface area (Å²) < 4.78 is 0. The fraction of sp³-hybridized carbons (Fsp3) is 0.338. The van der Waals surface area contributed by atoms with Gasteiger partial charge in [0.2, 0.25) is 0 Å². The minimum atomic E-state index is 0.0801. The molecule has 704 valence electrons. The molecule has 19 rings (SSSR count). The lowest BCUT2D eigenvalue weighted by Crippen LogP contribution is -2.14. The molecule has 0 spiro atoms. The van der Waals surface area contributed by atoms with Gasteiger partial charge in [0.05, 0.1) is 0 Å². The van der Waals surface area contributed by atoms with Crippen LogP contribution in [0.2, 0.25) is 0 Å². The van der Waals surface area contributed by atoms with Crippen molar-refractivity contribution in [3.8, 4) is 44.5 Å². The van der Waals surface area contributed by atoms with E-state index in [1.807, 2.05) is 263 Å². The first kappa shape index (κ1) is 127. The number of hydrogen-bond donors (Lipinski definition) is 0. The van der Waals surface area contributed by atoms with E-state index < -0.39 is 0 Å². The van der Waals surface area contributed by atoms with Gasteiger partial charge in [-0.2, -0.15) is 0 Å². The maximum atomic E-state index is 2.37. The molecule has 17 aromatic rings. The zero-order valence-corrected chi connectivity index (χ0v) is 90.5. The van der Waals surface area contributed by atoms with Gasteiger partial charge in [0, 0.05) is 10.8 Å². The van der Waals surface area contributed by atoms with E-state index in [9.17, 15) is 0 Å². The molecule has 0 nitrogen and oxygen atoms in total. The van der Waals surface area contributed by atoms with Crippen LogP contribution in [0.15, 0.2) is 352 Å². The van der Waals surface area contributed by atoms with Gasteiger partial charge in [-0.25, -0.2) is 0 Å². The van der Waals surface area contributed by atoms with E-state index in [1.165, 1.54) is 153 Å². The SMILES string of the molecule is CC.CC.CC.CC.CC.CC.CC.CC.CC.CC.CC.CC.CC.CC.CC.CC.CC.CC.CC.CC1(C)c2ccccc2-c2ccc(-c3ccccc3)cc21.CC1(C)c2ccccc2-c2ccccc21.c1ccc(-c2ccc3c4ccccc4c4ccccc4c3c2)cc1.c1ccc2c(c1)c1ccccc1c1ccccc21.c1ccc2c(c1)ccc1ccccc12. The lowest BCUT2D eigenvalue weighted by Gasteiger charge is -2.22. The van der Waals surface area contributed by atoms with E-state index in [1.54, 1.807) is 0 Å². The second kappa shape index (κ2) is 78.8. The zero-order valence-electron chi connectivity index (χ0n) is 90.5. The van der Waals surface area contributed by atoms with Crippen LogP contribution in [-0.2, 0) is 10.8 Å². The fourth-order valence-corrected chi connectivity index (χ4v) is 14.7. The predicted octanol–water partition coefficient (Wildman–Crippen LogP) is 45.1. The zero-order chi connectivity index (χ0) is 100. The van der Waals surface area contributed by atoms with Crippen molar-refractivity contribution in [3.05, 3.63) is 374 Å². The molecule has 0 bridgehead atoms. The van der Waals surface area contributed by atoms with Gasteiger partial charge >= 0.3 is 0 Å². The summed E-state index contributed by atoms with van der Waals surface area (Å²) in [7, 11) is 0. The predicted molar refractivity (Wildman–Crippen MR) is 614 cm³/mol. The monoisotopic (exact) mass is 1750 g/mol. The van der Waals surface area contributed by atoms with Crippen LogP contribution in [0, 0.1) is 0 Å². The molecular formula is C130H184. The normalized spacial score (nSPS) is 9.89. The Labute approximate surface area is 801 Å². The van der Waals surface area contributed by atoms with Crippen molar-refractivity contribution in [1.82, 2.24) is 0 Å². The minimum Gasteiger partial charge on any atom is -0.0683 e. The van der Waals surface area contributed by atoms with Crippen molar-refractivity contribution in [3.63, 3.8) is 0 Å². The molecule has 130 heavy (non-hydrogen) atoms. The van der Waals surface area contributed by atoms with Crippen LogP contribution < -0.4 is 0 Å². The Balaban J connectivity index is -0.000000461. The minimum absolute atomic E-state index is 0.0801. The number of fused-ring (bicyclic) bond motifs is 21. The van der Waals surface area contributed by atoms with Crippen LogP contribution in [0.1, 0.15) is 313 Å². The Bertz CT molecular complexity index is 5210. The molecule has 0 saturated heterocycles. The number of benzene rings is 17. The van der Waals surface area contributed by atoms with Crippen molar-refractivity contribution in [2.75, 3.05) is 0 Å². The van der Waals surface area contributed by atoms with Gasteiger partial charge in [0.15, 0.2) is 0 Å². The van der Waals surface area contributed by atoms with Crippen LogP contribution in [0.5, 0.6) is 0 Å². The Morgan fingerprint density at radius 2 is 0.292 bits per heavy atom. The van der Waals surface area contributed by atoms with Crippen molar-refractivity contribution in [2.24, 2.45) is 0 Å². The molecular weight excluding hydrogens is 1560 g/mol. The molecule has 2 aliphatic carbocycles. The summed E-state index contributed by atoms with van der Waals surface area (Å²) >= 11 is 0. The highest BCUT2D eigenvalue weighted by Gasteiger charge is 2.36. The average molecular weight is 1750 g/mol. The van der Waals surface area contributed by atoms with Gasteiger partial charge in [-0.05, 0) is 165 Å². The van der Waals surface area contributed by atoms with Gasteiger partial charge in [-0.3, -0.25) is 0 Å². The van der Waals surface area contributed by atoms with Crippen molar-refractivity contribution in [1.29, 1.82) is 0 Å². The van der Waals surface area contributed by atoms with Crippen LogP contribution >= 0.6 is 0 Å². The Kier molecular flexibility index (Phi) is 77.2. The van der Waals surface area contributed by atoms with Crippen LogP contribution in [0.4, 0.5) is 0 Å². The molecule has 0 atom stereocenters. The van der Waals surface area contributed by atoms with Crippen molar-refractivity contribution >= 4 is 86.2 Å². The maximum absolute atomic E-state index is 2.37. The van der Waals surface area contributed by atoms with Gasteiger partial charge in [-0.15, -0.1) is 0 Å². The molecule has 0 aliphatic heterocycles. The molecule has 0 heterocycles. The smallest absolute Gasteiger partial charge is 0.0159 e. The molecule has 0 amide bonds. The lowest BCUT2D eigenvalue weighted by molar-refractivity contribution is 0.660. The first-order valence-corrected chi connectivity index (χ1v) is 51.2. The van der Waals surface area contributed by atoms with E-state index in [0.717, 1.165) is 0 Å². The van der Waals surface area contributed by atoms with Crippen LogP contribution in [0.25, 0.3) is 131 Å². The van der Waals surface area contributed by atoms with Gasteiger partial charge < -0.3 is 0 Å². The van der Waals surface area contributed by atoms with Crippen molar-refractivity contribution in [2.45, 2.75) is 302 Å². The molecule has 2 aliphatic rings. The third kappa shape index (κ3) is 34.3. The van der Waals surface area contributed by atoms with E-state index in [4.69, 9.17) is 0 Å². The summed E-state index contributed by atoms with van der Waals surface area (Å²) in [4.78, 5) is 0. The Morgan fingerprint density at radius 3 is 0.554 bits per heavy atom. The van der Waals surface area contributed by atoms with Crippen LogP contribution in [-0.4, -0.2) is 0 Å². The van der Waals surface area contributed by atoms with E-state index in [-0.39, 0.29) is 10.8 Å². The quantitative estimate of drug-likeness (QED) is 0.151.